The van der Waals surface area contributed by atoms with Gasteiger partial charge in [-0.3, -0.25) is 0 Å². The third-order valence-corrected chi connectivity index (χ3v) is 1.87. The number of allylic oxidation sites excluding steroid dienone is 4. The molecule has 2 aliphatic rings. The lowest BCUT2D eigenvalue weighted by Crippen LogP contribution is -1.99. The maximum absolute atomic E-state index is 2.30. The molecule has 0 aromatic carbocycles. The molecule has 0 heterocycles. The third-order valence-electron chi connectivity index (χ3n) is 1.87. The van der Waals surface area contributed by atoms with Crippen molar-refractivity contribution in [1.82, 2.24) is 0 Å². The maximum atomic E-state index is 2.30. The Morgan fingerprint density at radius 2 is 2.25 bits per heavy atom. The molecule has 0 fully saturated rings. The van der Waals surface area contributed by atoms with Crippen molar-refractivity contribution in [2.75, 3.05) is 0 Å². The molecule has 0 saturated heterocycles. The standard InChI is InChI=1S/C8H9/c1-2-7-4-5-8(3-1)6-7/h1-5,7-8H,6H2/q+1/t7-,8+. The number of rotatable bonds is 0. The number of hydrogen-bond acceptors (Lipinski definition) is 0. The normalized spacial score (nSPS) is 40.0. The molecule has 0 heteroatoms. The van der Waals surface area contributed by atoms with E-state index in [-0.39, 0.29) is 0 Å². The molecule has 0 saturated carbocycles. The van der Waals surface area contributed by atoms with Gasteiger partial charge in [0, 0.05) is 18.9 Å². The SMILES string of the molecule is C1=C[C@@H]2C=C[C@H]([CH+]1)C2. The molecular formula is C8H9+. The van der Waals surface area contributed by atoms with E-state index in [4.69, 9.17) is 0 Å². The van der Waals surface area contributed by atoms with Crippen molar-refractivity contribution in [1.29, 1.82) is 0 Å². The average molecular weight is 105 g/mol. The summed E-state index contributed by atoms with van der Waals surface area (Å²) >= 11 is 0. The minimum absolute atomic E-state index is 0.769. The largest absolute Gasteiger partial charge is 0.0905 e. The van der Waals surface area contributed by atoms with E-state index in [1.807, 2.05) is 0 Å². The van der Waals surface area contributed by atoms with Crippen molar-refractivity contribution in [2.45, 2.75) is 6.42 Å². The molecule has 0 aliphatic heterocycles. The second-order valence-electron chi connectivity index (χ2n) is 2.53. The molecular weight excluding hydrogens is 96.1 g/mol. The highest BCUT2D eigenvalue weighted by atomic mass is 14.2. The van der Waals surface area contributed by atoms with Crippen molar-refractivity contribution >= 4 is 0 Å². The van der Waals surface area contributed by atoms with E-state index in [1.165, 1.54) is 6.42 Å². The van der Waals surface area contributed by atoms with Gasteiger partial charge in [0.25, 0.3) is 0 Å². The first-order valence-corrected chi connectivity index (χ1v) is 3.15. The monoisotopic (exact) mass is 105 g/mol. The Kier molecular flexibility index (Phi) is 0.750. The molecule has 2 bridgehead atoms. The summed E-state index contributed by atoms with van der Waals surface area (Å²) in [5.74, 6) is 1.54. The van der Waals surface area contributed by atoms with Crippen LogP contribution < -0.4 is 0 Å². The highest BCUT2D eigenvalue weighted by Crippen LogP contribution is 2.30. The van der Waals surface area contributed by atoms with E-state index in [2.05, 4.69) is 30.7 Å². The first-order valence-electron chi connectivity index (χ1n) is 3.15. The molecule has 2 rings (SSSR count). The predicted octanol–water partition coefficient (Wildman–Crippen LogP) is 1.95. The molecule has 0 aromatic heterocycles. The van der Waals surface area contributed by atoms with Crippen molar-refractivity contribution in [2.24, 2.45) is 11.8 Å². The third kappa shape index (κ3) is 0.492. The zero-order chi connectivity index (χ0) is 5.40. The van der Waals surface area contributed by atoms with E-state index in [0.29, 0.717) is 0 Å². The van der Waals surface area contributed by atoms with Gasteiger partial charge in [0.15, 0.2) is 0 Å². The molecule has 2 aliphatic carbocycles. The summed E-state index contributed by atoms with van der Waals surface area (Å²) in [6.45, 7) is 0. The lowest BCUT2D eigenvalue weighted by Gasteiger charge is -2.02. The minimum atomic E-state index is 0.769. The zero-order valence-corrected chi connectivity index (χ0v) is 4.75. The molecule has 8 heavy (non-hydrogen) atoms. The van der Waals surface area contributed by atoms with Gasteiger partial charge in [0.05, 0.1) is 17.9 Å². The Bertz CT molecular complexity index is 140. The van der Waals surface area contributed by atoms with Gasteiger partial charge in [-0.1, -0.05) is 12.2 Å². The zero-order valence-electron chi connectivity index (χ0n) is 4.75. The summed E-state index contributed by atoms with van der Waals surface area (Å²) in [4.78, 5) is 0. The highest BCUT2D eigenvalue weighted by molar-refractivity contribution is 5.21. The fourth-order valence-corrected chi connectivity index (χ4v) is 1.39. The second kappa shape index (κ2) is 1.41. The van der Waals surface area contributed by atoms with Gasteiger partial charge in [0.1, 0.15) is 0 Å². The number of hydrogen-bond donors (Lipinski definition) is 0. The van der Waals surface area contributed by atoms with Gasteiger partial charge in [-0.25, -0.2) is 0 Å². The van der Waals surface area contributed by atoms with Crippen LogP contribution in [0, 0.1) is 18.3 Å². The first-order chi connectivity index (χ1) is 3.95. The summed E-state index contributed by atoms with van der Waals surface area (Å²) in [7, 11) is 0. The van der Waals surface area contributed by atoms with Crippen molar-refractivity contribution in [3.8, 4) is 0 Å². The Morgan fingerprint density at radius 1 is 1.25 bits per heavy atom. The maximum Gasteiger partial charge on any atom is 0.0905 e. The van der Waals surface area contributed by atoms with Crippen LogP contribution in [-0.2, 0) is 0 Å². The summed E-state index contributed by atoms with van der Waals surface area (Å²) in [5, 5.41) is 0. The van der Waals surface area contributed by atoms with E-state index in [9.17, 15) is 0 Å². The quantitative estimate of drug-likeness (QED) is 0.326. The van der Waals surface area contributed by atoms with Crippen LogP contribution >= 0.6 is 0 Å². The van der Waals surface area contributed by atoms with E-state index in [0.717, 1.165) is 11.8 Å². The van der Waals surface area contributed by atoms with Crippen molar-refractivity contribution in [3.05, 3.63) is 30.7 Å². The van der Waals surface area contributed by atoms with Gasteiger partial charge in [-0.2, -0.15) is 0 Å². The average Bonchev–Trinajstić information content (AvgIpc) is 2.12. The number of fused-ring (bicyclic) bond motifs is 2. The molecule has 0 nitrogen and oxygen atoms in total. The lowest BCUT2D eigenvalue weighted by atomic mass is 9.94. The molecule has 0 radical (unpaired) electrons. The van der Waals surface area contributed by atoms with Crippen LogP contribution in [0.4, 0.5) is 0 Å². The minimum Gasteiger partial charge on any atom is -0.0599 e. The van der Waals surface area contributed by atoms with Crippen LogP contribution in [0.25, 0.3) is 0 Å². The van der Waals surface area contributed by atoms with Crippen LogP contribution in [0.3, 0.4) is 0 Å². The van der Waals surface area contributed by atoms with Gasteiger partial charge in [-0.15, -0.1) is 0 Å². The predicted molar refractivity (Wildman–Crippen MR) is 34.2 cm³/mol. The van der Waals surface area contributed by atoms with E-state index in [1.54, 1.807) is 0 Å². The summed E-state index contributed by atoms with van der Waals surface area (Å²) in [6.07, 6.45) is 12.6. The highest BCUT2D eigenvalue weighted by Gasteiger charge is 2.25. The van der Waals surface area contributed by atoms with Crippen LogP contribution in [0.15, 0.2) is 24.3 Å². The molecule has 0 unspecified atom stereocenters. The van der Waals surface area contributed by atoms with Gasteiger partial charge < -0.3 is 0 Å². The lowest BCUT2D eigenvalue weighted by molar-refractivity contribution is 0.634. The molecule has 0 spiro atoms. The second-order valence-corrected chi connectivity index (χ2v) is 2.53. The molecule has 2 atom stereocenters. The Balaban J connectivity index is 2.28. The molecule has 0 aromatic rings. The molecule has 40 valence electrons. The molecule has 0 amide bonds. The Labute approximate surface area is 49.9 Å². The van der Waals surface area contributed by atoms with Gasteiger partial charge >= 0.3 is 0 Å². The van der Waals surface area contributed by atoms with Gasteiger partial charge in [-0.05, 0) is 0 Å². The van der Waals surface area contributed by atoms with Crippen LogP contribution in [0.2, 0.25) is 0 Å². The Hall–Kier alpha value is -0.650. The first kappa shape index (κ1) is 4.25. The molecule has 0 N–H and O–H groups in total. The van der Waals surface area contributed by atoms with Crippen LogP contribution in [-0.4, -0.2) is 0 Å². The van der Waals surface area contributed by atoms with Crippen molar-refractivity contribution < 1.29 is 0 Å². The summed E-state index contributed by atoms with van der Waals surface area (Å²) in [6, 6.07) is 0. The van der Waals surface area contributed by atoms with Crippen molar-refractivity contribution in [3.63, 3.8) is 0 Å². The Morgan fingerprint density at radius 3 is 3.00 bits per heavy atom. The van der Waals surface area contributed by atoms with Gasteiger partial charge in [0.2, 0.25) is 0 Å². The smallest absolute Gasteiger partial charge is 0.0599 e. The fraction of sp³-hybridized carbons (Fsp3) is 0.375. The van der Waals surface area contributed by atoms with E-state index >= 15 is 0 Å². The van der Waals surface area contributed by atoms with E-state index < -0.39 is 0 Å². The summed E-state index contributed by atoms with van der Waals surface area (Å²) in [5.41, 5.74) is 0. The topological polar surface area (TPSA) is 0 Å². The van der Waals surface area contributed by atoms with Crippen LogP contribution in [0.1, 0.15) is 6.42 Å². The van der Waals surface area contributed by atoms with Crippen LogP contribution in [0.5, 0.6) is 0 Å². The summed E-state index contributed by atoms with van der Waals surface area (Å²) < 4.78 is 0. The fourth-order valence-electron chi connectivity index (χ4n) is 1.39.